The Morgan fingerprint density at radius 1 is 1.71 bits per heavy atom. The molecule has 14 heavy (non-hydrogen) atoms. The van der Waals surface area contributed by atoms with Crippen LogP contribution in [0.5, 0.6) is 0 Å². The summed E-state index contributed by atoms with van der Waals surface area (Å²) in [6, 6.07) is 0. The van der Waals surface area contributed by atoms with E-state index >= 15 is 0 Å². The Bertz CT molecular complexity index is 197. The van der Waals surface area contributed by atoms with Crippen molar-refractivity contribution in [3.63, 3.8) is 0 Å². The second-order valence-electron chi connectivity index (χ2n) is 3.60. The van der Waals surface area contributed by atoms with Crippen molar-refractivity contribution in [3.05, 3.63) is 0 Å². The van der Waals surface area contributed by atoms with Crippen molar-refractivity contribution < 1.29 is 19.7 Å². The first kappa shape index (κ1) is 11.4. The zero-order valence-corrected chi connectivity index (χ0v) is 8.35. The van der Waals surface area contributed by atoms with E-state index in [1.165, 1.54) is 7.11 Å². The van der Waals surface area contributed by atoms with Crippen molar-refractivity contribution in [1.29, 1.82) is 0 Å². The molecule has 82 valence electrons. The monoisotopic (exact) mass is 203 g/mol. The van der Waals surface area contributed by atoms with Gasteiger partial charge >= 0.3 is 0 Å². The molecule has 1 amide bonds. The van der Waals surface area contributed by atoms with Crippen LogP contribution >= 0.6 is 0 Å². The molecule has 0 saturated carbocycles. The Kier molecular flexibility index (Phi) is 4.31. The van der Waals surface area contributed by atoms with E-state index < -0.39 is 12.2 Å². The van der Waals surface area contributed by atoms with E-state index in [0.29, 0.717) is 19.5 Å². The molecule has 1 saturated heterocycles. The molecule has 0 aromatic rings. The van der Waals surface area contributed by atoms with Gasteiger partial charge in [0.1, 0.15) is 0 Å². The number of methoxy groups -OCH3 is 1. The maximum Gasteiger partial charge on any atom is 0.225 e. The van der Waals surface area contributed by atoms with Gasteiger partial charge in [0.05, 0.1) is 25.2 Å². The highest BCUT2D eigenvalue weighted by Crippen LogP contribution is 2.11. The molecule has 1 fully saturated rings. The van der Waals surface area contributed by atoms with E-state index in [1.807, 2.05) is 0 Å². The van der Waals surface area contributed by atoms with E-state index in [9.17, 15) is 15.0 Å². The average molecular weight is 203 g/mol. The molecule has 1 rings (SSSR count). The predicted octanol–water partition coefficient (Wildman–Crippen LogP) is -1.02. The number of aliphatic hydroxyl groups is 2. The van der Waals surface area contributed by atoms with E-state index in [1.54, 1.807) is 4.90 Å². The van der Waals surface area contributed by atoms with Gasteiger partial charge in [-0.25, -0.2) is 0 Å². The first-order valence-corrected chi connectivity index (χ1v) is 4.76. The van der Waals surface area contributed by atoms with Gasteiger partial charge in [0, 0.05) is 20.2 Å². The molecule has 0 aliphatic carbocycles. The minimum atomic E-state index is -0.540. The summed E-state index contributed by atoms with van der Waals surface area (Å²) in [5.41, 5.74) is 0. The Hall–Kier alpha value is -0.650. The summed E-state index contributed by atoms with van der Waals surface area (Å²) in [7, 11) is 1.52. The molecule has 2 atom stereocenters. The van der Waals surface area contributed by atoms with Crippen LogP contribution in [-0.4, -0.2) is 60.0 Å². The summed E-state index contributed by atoms with van der Waals surface area (Å²) >= 11 is 0. The van der Waals surface area contributed by atoms with Gasteiger partial charge in [0.2, 0.25) is 5.91 Å². The SMILES string of the molecule is COCC(O)CCN1CC(O)CC1=O. The van der Waals surface area contributed by atoms with Crippen LogP contribution in [0.2, 0.25) is 0 Å². The Morgan fingerprint density at radius 2 is 2.43 bits per heavy atom. The zero-order valence-electron chi connectivity index (χ0n) is 8.35. The molecule has 2 unspecified atom stereocenters. The molecular formula is C9H17NO4. The van der Waals surface area contributed by atoms with Crippen molar-refractivity contribution in [2.45, 2.75) is 25.0 Å². The minimum absolute atomic E-state index is 0.0397. The molecule has 0 spiro atoms. The highest BCUT2D eigenvalue weighted by atomic mass is 16.5. The largest absolute Gasteiger partial charge is 0.391 e. The number of aliphatic hydroxyl groups excluding tert-OH is 2. The van der Waals surface area contributed by atoms with E-state index in [-0.39, 0.29) is 18.9 Å². The molecule has 1 heterocycles. The fraction of sp³-hybridized carbons (Fsp3) is 0.889. The normalized spacial score (nSPS) is 24.4. The fourth-order valence-electron chi connectivity index (χ4n) is 1.55. The third kappa shape index (κ3) is 3.25. The average Bonchev–Trinajstić information content (AvgIpc) is 2.42. The van der Waals surface area contributed by atoms with Gasteiger partial charge in [0.15, 0.2) is 0 Å². The second-order valence-corrected chi connectivity index (χ2v) is 3.60. The zero-order chi connectivity index (χ0) is 10.6. The number of hydrogen-bond donors (Lipinski definition) is 2. The van der Waals surface area contributed by atoms with Crippen LogP contribution in [0.15, 0.2) is 0 Å². The Morgan fingerprint density at radius 3 is 2.93 bits per heavy atom. The molecule has 0 aromatic carbocycles. The van der Waals surface area contributed by atoms with Crippen molar-refractivity contribution in [1.82, 2.24) is 4.90 Å². The maximum atomic E-state index is 11.2. The van der Waals surface area contributed by atoms with E-state index in [4.69, 9.17) is 4.74 Å². The van der Waals surface area contributed by atoms with Gasteiger partial charge in [0.25, 0.3) is 0 Å². The number of carbonyl (C=O) groups excluding carboxylic acids is 1. The predicted molar refractivity (Wildman–Crippen MR) is 49.7 cm³/mol. The van der Waals surface area contributed by atoms with Crippen LogP contribution in [-0.2, 0) is 9.53 Å². The molecular weight excluding hydrogens is 186 g/mol. The maximum absolute atomic E-state index is 11.2. The minimum Gasteiger partial charge on any atom is -0.391 e. The highest BCUT2D eigenvalue weighted by molar-refractivity contribution is 5.78. The highest BCUT2D eigenvalue weighted by Gasteiger charge is 2.27. The topological polar surface area (TPSA) is 70.0 Å². The molecule has 1 aliphatic heterocycles. The van der Waals surface area contributed by atoms with Crippen molar-refractivity contribution >= 4 is 5.91 Å². The molecule has 5 heteroatoms. The van der Waals surface area contributed by atoms with Gasteiger partial charge in [-0.15, -0.1) is 0 Å². The molecule has 0 aromatic heterocycles. The molecule has 1 aliphatic rings. The standard InChI is InChI=1S/C9H17NO4/c1-14-6-7(11)2-3-10-5-8(12)4-9(10)13/h7-8,11-12H,2-6H2,1H3. The summed E-state index contributed by atoms with van der Waals surface area (Å²) in [6.07, 6.45) is -0.375. The van der Waals surface area contributed by atoms with E-state index in [0.717, 1.165) is 0 Å². The number of carbonyl (C=O) groups is 1. The van der Waals surface area contributed by atoms with Gasteiger partial charge in [-0.1, -0.05) is 0 Å². The van der Waals surface area contributed by atoms with Crippen LogP contribution in [0.4, 0.5) is 0 Å². The lowest BCUT2D eigenvalue weighted by Gasteiger charge is -2.17. The summed E-state index contributed by atoms with van der Waals surface area (Å²) in [5.74, 6) is -0.0397. The summed E-state index contributed by atoms with van der Waals surface area (Å²) in [4.78, 5) is 12.8. The Labute approximate surface area is 83.3 Å². The molecule has 0 bridgehead atoms. The van der Waals surface area contributed by atoms with Gasteiger partial charge in [-0.2, -0.15) is 0 Å². The first-order valence-electron chi connectivity index (χ1n) is 4.76. The van der Waals surface area contributed by atoms with Crippen molar-refractivity contribution in [2.24, 2.45) is 0 Å². The Balaban J connectivity index is 2.21. The van der Waals surface area contributed by atoms with Crippen molar-refractivity contribution in [2.75, 3.05) is 26.8 Å². The van der Waals surface area contributed by atoms with E-state index in [2.05, 4.69) is 0 Å². The van der Waals surface area contributed by atoms with Gasteiger partial charge in [-0.05, 0) is 6.42 Å². The number of likely N-dealkylation sites (tertiary alicyclic amines) is 1. The van der Waals surface area contributed by atoms with Crippen LogP contribution < -0.4 is 0 Å². The summed E-state index contributed by atoms with van der Waals surface area (Å²) < 4.78 is 4.76. The lowest BCUT2D eigenvalue weighted by Crippen LogP contribution is -2.30. The van der Waals surface area contributed by atoms with Gasteiger partial charge in [-0.3, -0.25) is 4.79 Å². The first-order chi connectivity index (χ1) is 6.63. The molecule has 2 N–H and O–H groups in total. The van der Waals surface area contributed by atoms with Crippen LogP contribution in [0.3, 0.4) is 0 Å². The van der Waals surface area contributed by atoms with Gasteiger partial charge < -0.3 is 19.8 Å². The van der Waals surface area contributed by atoms with Crippen molar-refractivity contribution in [3.8, 4) is 0 Å². The third-order valence-corrected chi connectivity index (χ3v) is 2.29. The third-order valence-electron chi connectivity index (χ3n) is 2.29. The van der Waals surface area contributed by atoms with Crippen LogP contribution in [0.1, 0.15) is 12.8 Å². The van der Waals surface area contributed by atoms with Crippen LogP contribution in [0, 0.1) is 0 Å². The molecule has 5 nitrogen and oxygen atoms in total. The summed E-state index contributed by atoms with van der Waals surface area (Å²) in [6.45, 7) is 1.16. The fourth-order valence-corrected chi connectivity index (χ4v) is 1.55. The smallest absolute Gasteiger partial charge is 0.225 e. The quantitative estimate of drug-likeness (QED) is 0.600. The number of nitrogens with zero attached hydrogens (tertiary/aromatic N) is 1. The number of β-amino-alcohol motifs (C(OH)–C–C–N with tert-alkyl or cyclic N) is 1. The summed E-state index contributed by atoms with van der Waals surface area (Å²) in [5, 5.41) is 18.5. The lowest BCUT2D eigenvalue weighted by atomic mass is 10.2. The molecule has 0 radical (unpaired) electrons. The number of hydrogen-bond acceptors (Lipinski definition) is 4. The van der Waals surface area contributed by atoms with Crippen LogP contribution in [0.25, 0.3) is 0 Å². The number of rotatable bonds is 5. The second kappa shape index (κ2) is 5.29. The number of amides is 1. The number of ether oxygens (including phenoxy) is 1. The lowest BCUT2D eigenvalue weighted by molar-refractivity contribution is -0.128.